The van der Waals surface area contributed by atoms with E-state index in [0.717, 1.165) is 17.0 Å². The van der Waals surface area contributed by atoms with Crippen LogP contribution in [0.25, 0.3) is 0 Å². The topological polar surface area (TPSA) is 79.3 Å². The van der Waals surface area contributed by atoms with Crippen LogP contribution < -0.4 is 5.32 Å². The maximum Gasteiger partial charge on any atom is 0.307 e. The van der Waals surface area contributed by atoms with Crippen molar-refractivity contribution in [2.75, 3.05) is 5.32 Å². The van der Waals surface area contributed by atoms with Crippen molar-refractivity contribution in [3.8, 4) is 0 Å². The number of nitrogens with one attached hydrogen (secondary N) is 1. The number of carbonyl (C=O) groups excluding carboxylic acids is 1. The summed E-state index contributed by atoms with van der Waals surface area (Å²) in [7, 11) is 0. The van der Waals surface area contributed by atoms with Crippen LogP contribution in [0.2, 0.25) is 0 Å². The van der Waals surface area contributed by atoms with Gasteiger partial charge in [-0.1, -0.05) is 12.2 Å². The van der Waals surface area contributed by atoms with Crippen molar-refractivity contribution in [2.24, 2.45) is 23.7 Å². The molecule has 1 fully saturated rings. The monoisotopic (exact) mass is 292 g/mol. The van der Waals surface area contributed by atoms with E-state index < -0.39 is 17.8 Å². The number of amides is 1. The number of carboxylic acids is 1. The second kappa shape index (κ2) is 4.70. The molecule has 1 aromatic heterocycles. The molecule has 0 unspecified atom stereocenters. The Morgan fingerprint density at radius 2 is 1.95 bits per heavy atom. The molecule has 0 radical (unpaired) electrons. The molecule has 1 heterocycles. The standard InChI is InChI=1S/C14H16N2O3S/c1-6-7(2)20-14(15-6)16-12(17)10-8-3-4-9(5-8)11(10)13(18)19/h3-4,8-11H,5H2,1-2H3,(H,18,19)(H,15,16,17)/t8-,9-,10+,11+/m0/s1. The number of rotatable bonds is 3. The summed E-state index contributed by atoms with van der Waals surface area (Å²) in [6.45, 7) is 3.84. The number of fused-ring (bicyclic) bond motifs is 2. The average molecular weight is 292 g/mol. The van der Waals surface area contributed by atoms with Crippen LogP contribution in [0.1, 0.15) is 17.0 Å². The Morgan fingerprint density at radius 3 is 2.50 bits per heavy atom. The number of aromatic nitrogens is 1. The van der Waals surface area contributed by atoms with E-state index in [0.29, 0.717) is 5.13 Å². The van der Waals surface area contributed by atoms with E-state index in [1.807, 2.05) is 26.0 Å². The predicted octanol–water partition coefficient (Wildman–Crippen LogP) is 2.22. The van der Waals surface area contributed by atoms with Crippen molar-refractivity contribution in [1.82, 2.24) is 4.98 Å². The van der Waals surface area contributed by atoms with Gasteiger partial charge in [0.2, 0.25) is 5.91 Å². The molecular weight excluding hydrogens is 276 g/mol. The van der Waals surface area contributed by atoms with Gasteiger partial charge in [0.25, 0.3) is 0 Å². The fourth-order valence-corrected chi connectivity index (χ4v) is 4.05. The van der Waals surface area contributed by atoms with Gasteiger partial charge in [-0.25, -0.2) is 4.98 Å². The summed E-state index contributed by atoms with van der Waals surface area (Å²) in [5.74, 6) is -2.15. The molecule has 1 aromatic rings. The van der Waals surface area contributed by atoms with Gasteiger partial charge in [-0.2, -0.15) is 0 Å². The molecule has 2 bridgehead atoms. The minimum Gasteiger partial charge on any atom is -0.481 e. The zero-order chi connectivity index (χ0) is 14.4. The van der Waals surface area contributed by atoms with Crippen molar-refractivity contribution in [3.63, 3.8) is 0 Å². The second-order valence-electron chi connectivity index (χ2n) is 5.49. The Labute approximate surface area is 120 Å². The molecule has 3 rings (SSSR count). The Morgan fingerprint density at radius 1 is 1.30 bits per heavy atom. The van der Waals surface area contributed by atoms with E-state index in [2.05, 4.69) is 10.3 Å². The molecule has 6 heteroatoms. The highest BCUT2D eigenvalue weighted by Crippen LogP contribution is 2.48. The number of carboxylic acid groups (broad SMARTS) is 1. The van der Waals surface area contributed by atoms with Crippen LogP contribution in [0.15, 0.2) is 12.2 Å². The summed E-state index contributed by atoms with van der Waals surface area (Å²) in [6, 6.07) is 0. The average Bonchev–Trinajstić information content (AvgIpc) is 3.04. The highest BCUT2D eigenvalue weighted by atomic mass is 32.1. The van der Waals surface area contributed by atoms with Crippen LogP contribution in [-0.2, 0) is 9.59 Å². The van der Waals surface area contributed by atoms with E-state index in [9.17, 15) is 14.7 Å². The van der Waals surface area contributed by atoms with Crippen LogP contribution in [0, 0.1) is 37.5 Å². The fourth-order valence-electron chi connectivity index (χ4n) is 3.23. The SMILES string of the molecule is Cc1nc(NC(=O)[C@H]2[C@H](C(=O)O)[C@H]3C=C[C@H]2C3)sc1C. The van der Waals surface area contributed by atoms with Crippen LogP contribution in [0.4, 0.5) is 5.13 Å². The molecule has 0 aromatic carbocycles. The number of aliphatic carboxylic acids is 1. The van der Waals surface area contributed by atoms with Gasteiger partial charge in [-0.15, -0.1) is 11.3 Å². The fraction of sp³-hybridized carbons (Fsp3) is 0.500. The largest absolute Gasteiger partial charge is 0.481 e. The van der Waals surface area contributed by atoms with E-state index in [-0.39, 0.29) is 17.7 Å². The van der Waals surface area contributed by atoms with E-state index >= 15 is 0 Å². The van der Waals surface area contributed by atoms with Gasteiger partial charge >= 0.3 is 5.97 Å². The molecule has 1 amide bonds. The van der Waals surface area contributed by atoms with Crippen molar-refractivity contribution in [1.29, 1.82) is 0 Å². The molecule has 20 heavy (non-hydrogen) atoms. The number of anilines is 1. The molecule has 4 atom stereocenters. The van der Waals surface area contributed by atoms with Gasteiger partial charge in [0.1, 0.15) is 0 Å². The Hall–Kier alpha value is -1.69. The van der Waals surface area contributed by atoms with E-state index in [4.69, 9.17) is 0 Å². The molecule has 5 nitrogen and oxygen atoms in total. The maximum atomic E-state index is 12.4. The Balaban J connectivity index is 1.79. The van der Waals surface area contributed by atoms with Gasteiger partial charge in [0.15, 0.2) is 5.13 Å². The van der Waals surface area contributed by atoms with Crippen molar-refractivity contribution >= 4 is 28.3 Å². The smallest absolute Gasteiger partial charge is 0.307 e. The molecule has 2 aliphatic carbocycles. The lowest BCUT2D eigenvalue weighted by atomic mass is 9.82. The van der Waals surface area contributed by atoms with Gasteiger partial charge in [0.05, 0.1) is 17.5 Å². The zero-order valence-corrected chi connectivity index (χ0v) is 12.1. The molecule has 0 spiro atoms. The lowest BCUT2D eigenvalue weighted by molar-refractivity contribution is -0.146. The summed E-state index contributed by atoms with van der Waals surface area (Å²) in [5.41, 5.74) is 0.896. The Bertz CT molecular complexity index is 588. The lowest BCUT2D eigenvalue weighted by Crippen LogP contribution is -2.36. The zero-order valence-electron chi connectivity index (χ0n) is 11.3. The predicted molar refractivity (Wildman–Crippen MR) is 75.6 cm³/mol. The van der Waals surface area contributed by atoms with Gasteiger partial charge in [-0.05, 0) is 32.1 Å². The number of hydrogen-bond acceptors (Lipinski definition) is 4. The third kappa shape index (κ3) is 2.04. The third-order valence-corrected chi connectivity index (χ3v) is 5.29. The number of hydrogen-bond donors (Lipinski definition) is 2. The first-order chi connectivity index (χ1) is 9.47. The Kier molecular flexibility index (Phi) is 3.12. The van der Waals surface area contributed by atoms with Crippen LogP contribution >= 0.6 is 11.3 Å². The molecular formula is C14H16N2O3S. The molecule has 1 saturated carbocycles. The van der Waals surface area contributed by atoms with Gasteiger partial charge in [-0.3, -0.25) is 9.59 Å². The molecule has 106 valence electrons. The number of allylic oxidation sites excluding steroid dienone is 2. The quantitative estimate of drug-likeness (QED) is 0.837. The maximum absolute atomic E-state index is 12.4. The first kappa shape index (κ1) is 13.3. The van der Waals surface area contributed by atoms with Gasteiger partial charge < -0.3 is 10.4 Å². The normalized spacial score (nSPS) is 30.7. The summed E-state index contributed by atoms with van der Waals surface area (Å²) >= 11 is 1.42. The lowest BCUT2D eigenvalue weighted by Gasteiger charge is -2.23. The second-order valence-corrected chi connectivity index (χ2v) is 6.69. The molecule has 0 saturated heterocycles. The summed E-state index contributed by atoms with van der Waals surface area (Å²) in [4.78, 5) is 29.1. The van der Waals surface area contributed by atoms with Crippen LogP contribution in [0.5, 0.6) is 0 Å². The number of aryl methyl sites for hydroxylation is 2. The minimum absolute atomic E-state index is 0.00647. The van der Waals surface area contributed by atoms with Crippen molar-refractivity contribution < 1.29 is 14.7 Å². The molecule has 2 N–H and O–H groups in total. The summed E-state index contributed by atoms with van der Waals surface area (Å²) in [5, 5.41) is 12.7. The van der Waals surface area contributed by atoms with Gasteiger partial charge in [0, 0.05) is 4.88 Å². The number of thiazole rings is 1. The third-order valence-electron chi connectivity index (χ3n) is 4.31. The van der Waals surface area contributed by atoms with E-state index in [1.54, 1.807) is 0 Å². The summed E-state index contributed by atoms with van der Waals surface area (Å²) in [6.07, 6.45) is 4.68. The first-order valence-corrected chi connectivity index (χ1v) is 7.45. The number of nitrogens with zero attached hydrogens (tertiary/aromatic N) is 1. The molecule has 2 aliphatic rings. The van der Waals surface area contributed by atoms with E-state index in [1.165, 1.54) is 11.3 Å². The highest BCUT2D eigenvalue weighted by molar-refractivity contribution is 7.15. The summed E-state index contributed by atoms with van der Waals surface area (Å²) < 4.78 is 0. The van der Waals surface area contributed by atoms with Crippen LogP contribution in [0.3, 0.4) is 0 Å². The van der Waals surface area contributed by atoms with Crippen molar-refractivity contribution in [3.05, 3.63) is 22.7 Å². The minimum atomic E-state index is -0.881. The molecule has 0 aliphatic heterocycles. The highest BCUT2D eigenvalue weighted by Gasteiger charge is 2.51. The van der Waals surface area contributed by atoms with Crippen molar-refractivity contribution in [2.45, 2.75) is 20.3 Å². The van der Waals surface area contributed by atoms with Crippen LogP contribution in [-0.4, -0.2) is 22.0 Å². The first-order valence-electron chi connectivity index (χ1n) is 6.63. The number of carbonyl (C=O) groups is 2.